The van der Waals surface area contributed by atoms with Crippen molar-refractivity contribution in [2.24, 2.45) is 0 Å². The van der Waals surface area contributed by atoms with E-state index in [4.69, 9.17) is 5.11 Å². The van der Waals surface area contributed by atoms with Gasteiger partial charge < -0.3 is 10.1 Å². The summed E-state index contributed by atoms with van der Waals surface area (Å²) in [5.41, 5.74) is 1.21. The lowest BCUT2D eigenvalue weighted by Crippen LogP contribution is -2.05. The Morgan fingerprint density at radius 3 is 3.00 bits per heavy atom. The topological polar surface area (TPSA) is 66.0 Å². The number of aromatic amines is 1. The van der Waals surface area contributed by atoms with Crippen molar-refractivity contribution >= 4 is 11.8 Å². The fraction of sp³-hybridized carbons (Fsp3) is 0.200. The van der Waals surface area contributed by atoms with E-state index < -0.39 is 0 Å². The molecular weight excluding hydrogens is 291 g/mol. The molecule has 1 heterocycles. The van der Waals surface area contributed by atoms with Crippen molar-refractivity contribution < 1.29 is 9.50 Å². The number of H-pyrrole nitrogens is 1. The fourth-order valence-corrected chi connectivity index (χ4v) is 2.43. The molecule has 0 aliphatic carbocycles. The monoisotopic (exact) mass is 304 g/mol. The summed E-state index contributed by atoms with van der Waals surface area (Å²) in [7, 11) is 0. The molecule has 0 atom stereocenters. The van der Waals surface area contributed by atoms with Crippen molar-refractivity contribution in [3.05, 3.63) is 57.8 Å². The van der Waals surface area contributed by atoms with E-state index >= 15 is 0 Å². The predicted molar refractivity (Wildman–Crippen MR) is 79.4 cm³/mol. The molecule has 2 N–H and O–H groups in total. The molecule has 1 aromatic carbocycles. The number of nitrogens with zero attached hydrogens (tertiary/aromatic N) is 1. The number of nitrogens with one attached hydrogen (secondary N) is 1. The number of aromatic nitrogens is 2. The molecule has 4 nitrogen and oxygen atoms in total. The van der Waals surface area contributed by atoms with Crippen LogP contribution in [0.5, 0.6) is 0 Å². The third-order valence-electron chi connectivity index (χ3n) is 2.54. The van der Waals surface area contributed by atoms with E-state index in [0.717, 1.165) is 5.56 Å². The molecule has 0 bridgehead atoms. The molecule has 2 rings (SSSR count). The first-order valence-electron chi connectivity index (χ1n) is 6.25. The third kappa shape index (κ3) is 4.74. The Bertz CT molecular complexity index is 734. The zero-order valence-electron chi connectivity index (χ0n) is 11.1. The molecule has 6 heteroatoms. The van der Waals surface area contributed by atoms with Gasteiger partial charge in [-0.15, -0.1) is 0 Å². The minimum Gasteiger partial charge on any atom is -0.395 e. The number of benzene rings is 1. The van der Waals surface area contributed by atoms with Crippen molar-refractivity contribution in [2.45, 2.75) is 17.3 Å². The molecule has 0 amide bonds. The van der Waals surface area contributed by atoms with Gasteiger partial charge in [0.1, 0.15) is 5.82 Å². The predicted octanol–water partition coefficient (Wildman–Crippen LogP) is 1.94. The summed E-state index contributed by atoms with van der Waals surface area (Å²) in [6.45, 7) is -0.0262. The highest BCUT2D eigenvalue weighted by atomic mass is 32.2. The van der Waals surface area contributed by atoms with Crippen LogP contribution in [0.1, 0.15) is 17.5 Å². The average molecular weight is 304 g/mol. The molecule has 0 aliphatic rings. The molecule has 0 saturated heterocycles. The van der Waals surface area contributed by atoms with Gasteiger partial charge in [-0.1, -0.05) is 29.7 Å². The molecule has 21 heavy (non-hydrogen) atoms. The van der Waals surface area contributed by atoms with Gasteiger partial charge in [0.05, 0.1) is 6.61 Å². The Balaban J connectivity index is 2.16. The van der Waals surface area contributed by atoms with Gasteiger partial charge in [0.2, 0.25) is 0 Å². The highest BCUT2D eigenvalue weighted by molar-refractivity contribution is 7.98. The second-order valence-corrected chi connectivity index (χ2v) is 5.07. The van der Waals surface area contributed by atoms with Crippen LogP contribution < -0.4 is 5.56 Å². The number of aliphatic hydroxyl groups excluding tert-OH is 1. The zero-order valence-corrected chi connectivity index (χ0v) is 11.9. The van der Waals surface area contributed by atoms with Gasteiger partial charge in [-0.25, -0.2) is 9.37 Å². The molecule has 2 aromatic rings. The fourth-order valence-electron chi connectivity index (χ4n) is 1.58. The molecular formula is C15H13FN2O2S. The van der Waals surface area contributed by atoms with Crippen LogP contribution in [0.4, 0.5) is 4.39 Å². The molecule has 0 spiro atoms. The summed E-state index contributed by atoms with van der Waals surface area (Å²) in [4.78, 5) is 17.8. The van der Waals surface area contributed by atoms with E-state index in [9.17, 15) is 9.18 Å². The van der Waals surface area contributed by atoms with Crippen LogP contribution in [0.15, 0.2) is 40.4 Å². The number of aliphatic hydroxyl groups is 1. The highest BCUT2D eigenvalue weighted by Gasteiger charge is 2.04. The smallest absolute Gasteiger partial charge is 0.251 e. The van der Waals surface area contributed by atoms with Crippen molar-refractivity contribution in [1.29, 1.82) is 0 Å². The summed E-state index contributed by atoms with van der Waals surface area (Å²) in [6, 6.07) is 5.73. The first kappa shape index (κ1) is 15.3. The van der Waals surface area contributed by atoms with E-state index in [-0.39, 0.29) is 18.0 Å². The molecule has 0 fully saturated rings. The molecule has 1 aromatic heterocycles. The normalized spacial score (nSPS) is 10.0. The van der Waals surface area contributed by atoms with Crippen LogP contribution in [0, 0.1) is 17.7 Å². The van der Waals surface area contributed by atoms with Crippen LogP contribution in [-0.4, -0.2) is 21.7 Å². The number of rotatable bonds is 4. The lowest BCUT2D eigenvalue weighted by atomic mass is 10.1. The lowest BCUT2D eigenvalue weighted by molar-refractivity contribution is 0.305. The number of hydrogen-bond acceptors (Lipinski definition) is 4. The Morgan fingerprint density at radius 1 is 1.38 bits per heavy atom. The quantitative estimate of drug-likeness (QED) is 0.515. The van der Waals surface area contributed by atoms with Gasteiger partial charge in [0, 0.05) is 30.0 Å². The van der Waals surface area contributed by atoms with Crippen LogP contribution in [-0.2, 0) is 5.75 Å². The van der Waals surface area contributed by atoms with E-state index in [1.165, 1.54) is 36.2 Å². The van der Waals surface area contributed by atoms with Gasteiger partial charge in [-0.05, 0) is 17.7 Å². The molecule has 0 aliphatic heterocycles. The maximum Gasteiger partial charge on any atom is 0.251 e. The van der Waals surface area contributed by atoms with Gasteiger partial charge in [0.15, 0.2) is 5.16 Å². The Kier molecular flexibility index (Phi) is 5.55. The van der Waals surface area contributed by atoms with Gasteiger partial charge in [0.25, 0.3) is 5.56 Å². The molecule has 108 valence electrons. The molecule has 0 radical (unpaired) electrons. The summed E-state index contributed by atoms with van der Waals surface area (Å²) >= 11 is 1.34. The summed E-state index contributed by atoms with van der Waals surface area (Å²) < 4.78 is 13.3. The molecule has 0 unspecified atom stereocenters. The SMILES string of the molecule is O=c1ccnc(SCc2ccc(F)cc2C#CCCO)[nH]1. The van der Waals surface area contributed by atoms with Gasteiger partial charge in [-0.2, -0.15) is 0 Å². The van der Waals surface area contributed by atoms with Crippen LogP contribution >= 0.6 is 11.8 Å². The minimum atomic E-state index is -0.358. The third-order valence-corrected chi connectivity index (χ3v) is 3.48. The van der Waals surface area contributed by atoms with Crippen molar-refractivity contribution in [3.8, 4) is 11.8 Å². The zero-order chi connectivity index (χ0) is 15.1. The number of halogens is 1. The van der Waals surface area contributed by atoms with Crippen molar-refractivity contribution in [2.75, 3.05) is 6.61 Å². The lowest BCUT2D eigenvalue weighted by Gasteiger charge is -2.04. The summed E-state index contributed by atoms with van der Waals surface area (Å²) in [5.74, 6) is 5.78. The first-order chi connectivity index (χ1) is 10.2. The average Bonchev–Trinajstić information content (AvgIpc) is 2.47. The largest absolute Gasteiger partial charge is 0.395 e. The number of thioether (sulfide) groups is 1. The Labute approximate surface area is 125 Å². The highest BCUT2D eigenvalue weighted by Crippen LogP contribution is 2.21. The minimum absolute atomic E-state index is 0.0262. The van der Waals surface area contributed by atoms with Crippen LogP contribution in [0.2, 0.25) is 0 Å². The van der Waals surface area contributed by atoms with E-state index in [0.29, 0.717) is 22.9 Å². The van der Waals surface area contributed by atoms with E-state index in [1.807, 2.05) is 0 Å². The van der Waals surface area contributed by atoms with Gasteiger partial charge >= 0.3 is 0 Å². The maximum atomic E-state index is 13.3. The van der Waals surface area contributed by atoms with E-state index in [1.54, 1.807) is 6.07 Å². The van der Waals surface area contributed by atoms with Crippen molar-refractivity contribution in [3.63, 3.8) is 0 Å². The van der Waals surface area contributed by atoms with Crippen LogP contribution in [0.25, 0.3) is 0 Å². The summed E-state index contributed by atoms with van der Waals surface area (Å²) in [5, 5.41) is 9.22. The first-order valence-corrected chi connectivity index (χ1v) is 7.24. The maximum absolute atomic E-state index is 13.3. The molecule has 0 saturated carbocycles. The van der Waals surface area contributed by atoms with Crippen molar-refractivity contribution in [1.82, 2.24) is 9.97 Å². The van der Waals surface area contributed by atoms with E-state index in [2.05, 4.69) is 21.8 Å². The Morgan fingerprint density at radius 2 is 2.24 bits per heavy atom. The second-order valence-electron chi connectivity index (χ2n) is 4.10. The van der Waals surface area contributed by atoms with Crippen LogP contribution in [0.3, 0.4) is 0 Å². The second kappa shape index (κ2) is 7.62. The Hall–Kier alpha value is -2.10. The number of hydrogen-bond donors (Lipinski definition) is 2. The standard InChI is InChI=1S/C15H13FN2O2S/c16-13-5-4-12(11(9-13)3-1-2-8-19)10-21-15-17-7-6-14(20)18-15/h4-7,9,19H,2,8,10H2,(H,17,18,20). The summed E-state index contributed by atoms with van der Waals surface area (Å²) in [6.07, 6.45) is 1.78. The van der Waals surface area contributed by atoms with Gasteiger partial charge in [-0.3, -0.25) is 4.79 Å².